The summed E-state index contributed by atoms with van der Waals surface area (Å²) in [5.74, 6) is 1.62. The quantitative estimate of drug-likeness (QED) is 0.324. The van der Waals surface area contributed by atoms with Crippen molar-refractivity contribution in [2.75, 3.05) is 11.5 Å². The van der Waals surface area contributed by atoms with Gasteiger partial charge in [0, 0.05) is 11.3 Å². The summed E-state index contributed by atoms with van der Waals surface area (Å²) in [4.78, 5) is 13.2. The van der Waals surface area contributed by atoms with E-state index in [0.717, 1.165) is 0 Å². The number of hydrogen-bond acceptors (Lipinski definition) is 5. The third kappa shape index (κ3) is 4.10. The second-order valence-corrected chi connectivity index (χ2v) is 6.64. The molecule has 0 aliphatic carbocycles. The third-order valence-electron chi connectivity index (χ3n) is 4.51. The van der Waals surface area contributed by atoms with Crippen molar-refractivity contribution in [2.24, 2.45) is 0 Å². The van der Waals surface area contributed by atoms with Crippen LogP contribution in [-0.4, -0.2) is 5.78 Å². The fourth-order valence-corrected chi connectivity index (χ4v) is 2.97. The van der Waals surface area contributed by atoms with Gasteiger partial charge < -0.3 is 20.9 Å². The molecule has 5 heteroatoms. The lowest BCUT2D eigenvalue weighted by Crippen LogP contribution is -2.07. The van der Waals surface area contributed by atoms with Crippen LogP contribution in [0, 0.1) is 0 Å². The predicted octanol–water partition coefficient (Wildman–Crippen LogP) is 5.67. The first-order chi connectivity index (χ1) is 14.6. The zero-order chi connectivity index (χ0) is 20.9. The Morgan fingerprint density at radius 3 is 1.80 bits per heavy atom. The van der Waals surface area contributed by atoms with Gasteiger partial charge in [-0.25, -0.2) is 0 Å². The highest BCUT2D eigenvalue weighted by Gasteiger charge is 2.21. The van der Waals surface area contributed by atoms with Crippen molar-refractivity contribution in [1.82, 2.24) is 0 Å². The lowest BCUT2D eigenvalue weighted by molar-refractivity contribution is 0.103. The molecule has 4 rings (SSSR count). The van der Waals surface area contributed by atoms with E-state index in [2.05, 4.69) is 0 Å². The highest BCUT2D eigenvalue weighted by Crippen LogP contribution is 2.40. The van der Waals surface area contributed by atoms with Crippen molar-refractivity contribution in [3.05, 3.63) is 108 Å². The Morgan fingerprint density at radius 1 is 0.633 bits per heavy atom. The average Bonchev–Trinajstić information content (AvgIpc) is 2.78. The molecule has 0 unspecified atom stereocenters. The van der Waals surface area contributed by atoms with Crippen molar-refractivity contribution in [3.8, 4) is 23.0 Å². The second kappa shape index (κ2) is 8.41. The summed E-state index contributed by atoms with van der Waals surface area (Å²) >= 11 is 0. The SMILES string of the molecule is Nc1ccc(C(=O)c2ccc(Oc3ccccc3)c(N)c2Oc2ccccc2)cc1. The summed E-state index contributed by atoms with van der Waals surface area (Å²) in [5, 5.41) is 0. The number of carbonyl (C=O) groups excluding carboxylic acids is 1. The Labute approximate surface area is 174 Å². The summed E-state index contributed by atoms with van der Waals surface area (Å²) in [5.41, 5.74) is 13.8. The van der Waals surface area contributed by atoms with E-state index in [1.807, 2.05) is 48.5 Å². The van der Waals surface area contributed by atoms with Gasteiger partial charge in [-0.2, -0.15) is 0 Å². The maximum atomic E-state index is 13.2. The number of nitrogen functional groups attached to an aromatic ring is 2. The van der Waals surface area contributed by atoms with Gasteiger partial charge in [0.1, 0.15) is 17.2 Å². The summed E-state index contributed by atoms with van der Waals surface area (Å²) in [6.07, 6.45) is 0. The first kappa shape index (κ1) is 19.1. The molecule has 0 aromatic heterocycles. The molecule has 4 N–H and O–H groups in total. The van der Waals surface area contributed by atoms with Gasteiger partial charge >= 0.3 is 0 Å². The number of hydrogen-bond donors (Lipinski definition) is 2. The molecule has 0 bridgehead atoms. The number of nitrogens with two attached hydrogens (primary N) is 2. The highest BCUT2D eigenvalue weighted by molar-refractivity contribution is 6.12. The lowest BCUT2D eigenvalue weighted by Gasteiger charge is -2.16. The van der Waals surface area contributed by atoms with Gasteiger partial charge in [0.05, 0.1) is 5.56 Å². The van der Waals surface area contributed by atoms with Crippen molar-refractivity contribution in [2.45, 2.75) is 0 Å². The number of rotatable bonds is 6. The summed E-state index contributed by atoms with van der Waals surface area (Å²) in [7, 11) is 0. The number of carbonyl (C=O) groups is 1. The summed E-state index contributed by atoms with van der Waals surface area (Å²) in [6.45, 7) is 0. The van der Waals surface area contributed by atoms with E-state index in [1.165, 1.54) is 0 Å². The topological polar surface area (TPSA) is 87.6 Å². The van der Waals surface area contributed by atoms with Crippen LogP contribution in [0.2, 0.25) is 0 Å². The smallest absolute Gasteiger partial charge is 0.196 e. The van der Waals surface area contributed by atoms with Gasteiger partial charge in [0.25, 0.3) is 0 Å². The molecule has 0 fully saturated rings. The fraction of sp³-hybridized carbons (Fsp3) is 0. The highest BCUT2D eigenvalue weighted by atomic mass is 16.5. The molecule has 5 nitrogen and oxygen atoms in total. The molecular weight excluding hydrogens is 376 g/mol. The molecule has 0 aliphatic heterocycles. The van der Waals surface area contributed by atoms with Gasteiger partial charge in [-0.1, -0.05) is 36.4 Å². The summed E-state index contributed by atoms with van der Waals surface area (Å²) in [6, 6.07) is 28.5. The lowest BCUT2D eigenvalue weighted by atomic mass is 10.0. The Balaban J connectivity index is 1.77. The van der Waals surface area contributed by atoms with Crippen molar-refractivity contribution >= 4 is 17.2 Å². The Morgan fingerprint density at radius 2 is 1.20 bits per heavy atom. The minimum Gasteiger partial charge on any atom is -0.455 e. The van der Waals surface area contributed by atoms with Crippen LogP contribution in [0.3, 0.4) is 0 Å². The first-order valence-corrected chi connectivity index (χ1v) is 9.40. The van der Waals surface area contributed by atoms with Crippen molar-refractivity contribution < 1.29 is 14.3 Å². The van der Waals surface area contributed by atoms with Gasteiger partial charge in [0.2, 0.25) is 0 Å². The van der Waals surface area contributed by atoms with E-state index < -0.39 is 0 Å². The molecule has 0 aliphatic rings. The van der Waals surface area contributed by atoms with Gasteiger partial charge in [-0.15, -0.1) is 0 Å². The molecule has 30 heavy (non-hydrogen) atoms. The van der Waals surface area contributed by atoms with Crippen LogP contribution in [0.4, 0.5) is 11.4 Å². The van der Waals surface area contributed by atoms with Crippen LogP contribution >= 0.6 is 0 Å². The molecule has 0 spiro atoms. The molecule has 0 atom stereocenters. The maximum absolute atomic E-state index is 13.2. The van der Waals surface area contributed by atoms with E-state index in [4.69, 9.17) is 20.9 Å². The van der Waals surface area contributed by atoms with Gasteiger partial charge in [0.15, 0.2) is 17.3 Å². The maximum Gasteiger partial charge on any atom is 0.196 e. The fourth-order valence-electron chi connectivity index (χ4n) is 2.97. The molecule has 0 heterocycles. The van der Waals surface area contributed by atoms with Crippen LogP contribution in [0.15, 0.2) is 97.1 Å². The van der Waals surface area contributed by atoms with E-state index in [9.17, 15) is 4.79 Å². The molecule has 0 saturated heterocycles. The molecular formula is C25H20N2O3. The Kier molecular flexibility index (Phi) is 5.35. The molecule has 148 valence electrons. The monoisotopic (exact) mass is 396 g/mol. The zero-order valence-electron chi connectivity index (χ0n) is 16.1. The number of ether oxygens (including phenoxy) is 2. The average molecular weight is 396 g/mol. The minimum absolute atomic E-state index is 0.223. The summed E-state index contributed by atoms with van der Waals surface area (Å²) < 4.78 is 11.9. The van der Waals surface area contributed by atoms with E-state index in [1.54, 1.807) is 48.5 Å². The second-order valence-electron chi connectivity index (χ2n) is 6.64. The zero-order valence-corrected chi connectivity index (χ0v) is 16.1. The molecule has 0 amide bonds. The molecule has 0 saturated carbocycles. The van der Waals surface area contributed by atoms with Crippen LogP contribution in [0.25, 0.3) is 0 Å². The predicted molar refractivity (Wildman–Crippen MR) is 118 cm³/mol. The van der Waals surface area contributed by atoms with E-state index in [-0.39, 0.29) is 17.2 Å². The van der Waals surface area contributed by atoms with Crippen LogP contribution in [0.5, 0.6) is 23.0 Å². The first-order valence-electron chi connectivity index (χ1n) is 9.40. The normalized spacial score (nSPS) is 10.4. The standard InChI is InChI=1S/C25H20N2O3/c26-18-13-11-17(12-14-18)24(28)21-15-16-22(29-19-7-3-1-4-8-19)23(27)25(21)30-20-9-5-2-6-10-20/h1-16H,26-27H2. The van der Waals surface area contributed by atoms with Crippen molar-refractivity contribution in [3.63, 3.8) is 0 Å². The van der Waals surface area contributed by atoms with E-state index in [0.29, 0.717) is 34.1 Å². The van der Waals surface area contributed by atoms with Crippen LogP contribution in [-0.2, 0) is 0 Å². The Hall–Kier alpha value is -4.25. The Bertz CT molecular complexity index is 1160. The van der Waals surface area contributed by atoms with Crippen LogP contribution in [0.1, 0.15) is 15.9 Å². The largest absolute Gasteiger partial charge is 0.455 e. The molecule has 4 aromatic carbocycles. The number of para-hydroxylation sites is 2. The third-order valence-corrected chi connectivity index (χ3v) is 4.51. The van der Waals surface area contributed by atoms with Gasteiger partial charge in [-0.05, 0) is 60.7 Å². The number of benzene rings is 4. The van der Waals surface area contributed by atoms with Crippen LogP contribution < -0.4 is 20.9 Å². The van der Waals surface area contributed by atoms with E-state index >= 15 is 0 Å². The number of ketones is 1. The molecule has 4 aromatic rings. The number of anilines is 2. The molecule has 0 radical (unpaired) electrons. The minimum atomic E-state index is -0.223. The van der Waals surface area contributed by atoms with Gasteiger partial charge in [-0.3, -0.25) is 4.79 Å². The van der Waals surface area contributed by atoms with Crippen molar-refractivity contribution in [1.29, 1.82) is 0 Å².